The van der Waals surface area contributed by atoms with Gasteiger partial charge in [0.25, 0.3) is 0 Å². The highest BCUT2D eigenvalue weighted by Gasteiger charge is 2.32. The normalized spacial score (nSPS) is 25.4. The second kappa shape index (κ2) is 4.13. The second-order valence-corrected chi connectivity index (χ2v) is 4.07. The van der Waals surface area contributed by atoms with Crippen LogP contribution in [0.4, 0.5) is 0 Å². The molecule has 0 saturated carbocycles. The Morgan fingerprint density at radius 2 is 2.40 bits per heavy atom. The Bertz CT molecular complexity index is 354. The van der Waals surface area contributed by atoms with Crippen LogP contribution in [0.2, 0.25) is 0 Å². The molecule has 1 aliphatic heterocycles. The first-order chi connectivity index (χ1) is 7.22. The van der Waals surface area contributed by atoms with Crippen molar-refractivity contribution >= 4 is 6.29 Å². The molecule has 0 aromatic heterocycles. The van der Waals surface area contributed by atoms with Crippen LogP contribution in [0.25, 0.3) is 0 Å². The van der Waals surface area contributed by atoms with Crippen molar-refractivity contribution in [3.63, 3.8) is 0 Å². The minimum Gasteiger partial charge on any atom is -0.387 e. The summed E-state index contributed by atoms with van der Waals surface area (Å²) in [4.78, 5) is 10.6. The second-order valence-electron chi connectivity index (χ2n) is 4.07. The van der Waals surface area contributed by atoms with Gasteiger partial charge in [0.2, 0.25) is 0 Å². The number of ether oxygens (including phenoxy) is 1. The van der Waals surface area contributed by atoms with Gasteiger partial charge in [-0.25, -0.2) is 0 Å². The number of benzene rings is 1. The fourth-order valence-corrected chi connectivity index (χ4v) is 1.89. The number of hydrogen-bond donors (Lipinski definition) is 1. The fourth-order valence-electron chi connectivity index (χ4n) is 1.89. The first-order valence-electron chi connectivity index (χ1n) is 5.06. The third-order valence-electron chi connectivity index (χ3n) is 2.70. The lowest BCUT2D eigenvalue weighted by Crippen LogP contribution is -2.31. The molecule has 15 heavy (non-hydrogen) atoms. The first-order valence-corrected chi connectivity index (χ1v) is 5.06. The molecule has 3 heteroatoms. The van der Waals surface area contributed by atoms with Gasteiger partial charge in [-0.05, 0) is 11.6 Å². The van der Waals surface area contributed by atoms with Gasteiger partial charge < -0.3 is 9.84 Å². The molecule has 1 aromatic rings. The average Bonchev–Trinajstić information content (AvgIpc) is 2.65. The maximum absolute atomic E-state index is 10.6. The lowest BCUT2D eigenvalue weighted by atomic mass is 9.93. The van der Waals surface area contributed by atoms with Crippen LogP contribution >= 0.6 is 0 Å². The quantitative estimate of drug-likeness (QED) is 0.756. The van der Waals surface area contributed by atoms with Gasteiger partial charge in [-0.15, -0.1) is 0 Å². The first kappa shape index (κ1) is 10.3. The lowest BCUT2D eigenvalue weighted by molar-refractivity contribution is 0.0270. The zero-order valence-electron chi connectivity index (χ0n) is 8.48. The molecule has 1 fully saturated rings. The topological polar surface area (TPSA) is 46.5 Å². The predicted molar refractivity (Wildman–Crippen MR) is 55.9 cm³/mol. The number of hydrogen-bond acceptors (Lipinski definition) is 3. The summed E-state index contributed by atoms with van der Waals surface area (Å²) in [6, 6.07) is 7.32. The molecule has 0 radical (unpaired) electrons. The van der Waals surface area contributed by atoms with Crippen LogP contribution in [0, 0.1) is 0 Å². The molecule has 3 nitrogen and oxygen atoms in total. The van der Waals surface area contributed by atoms with E-state index < -0.39 is 5.60 Å². The Balaban J connectivity index is 2.12. The third kappa shape index (κ3) is 2.43. The summed E-state index contributed by atoms with van der Waals surface area (Å²) < 4.78 is 5.17. The van der Waals surface area contributed by atoms with Gasteiger partial charge in [-0.3, -0.25) is 4.79 Å². The van der Waals surface area contributed by atoms with Crippen molar-refractivity contribution in [1.82, 2.24) is 0 Å². The lowest BCUT2D eigenvalue weighted by Gasteiger charge is -2.20. The highest BCUT2D eigenvalue weighted by molar-refractivity contribution is 5.74. The Hall–Kier alpha value is -1.19. The summed E-state index contributed by atoms with van der Waals surface area (Å²) >= 11 is 0. The van der Waals surface area contributed by atoms with E-state index in [9.17, 15) is 9.90 Å². The Labute approximate surface area is 88.7 Å². The van der Waals surface area contributed by atoms with Crippen molar-refractivity contribution < 1.29 is 14.6 Å². The molecule has 1 unspecified atom stereocenters. The van der Waals surface area contributed by atoms with Gasteiger partial charge in [-0.2, -0.15) is 0 Å². The van der Waals surface area contributed by atoms with Gasteiger partial charge >= 0.3 is 0 Å². The number of carbonyl (C=O) groups is 1. The third-order valence-corrected chi connectivity index (χ3v) is 2.70. The highest BCUT2D eigenvalue weighted by Crippen LogP contribution is 2.23. The smallest absolute Gasteiger partial charge is 0.150 e. The number of rotatable bonds is 3. The van der Waals surface area contributed by atoms with E-state index in [1.54, 1.807) is 6.07 Å². The van der Waals surface area contributed by atoms with Gasteiger partial charge in [0.05, 0.1) is 12.2 Å². The van der Waals surface area contributed by atoms with Crippen molar-refractivity contribution in [3.05, 3.63) is 35.4 Å². The van der Waals surface area contributed by atoms with Gasteiger partial charge in [0, 0.05) is 25.0 Å². The molecule has 0 bridgehead atoms. The monoisotopic (exact) mass is 206 g/mol. The van der Waals surface area contributed by atoms with E-state index in [2.05, 4.69) is 0 Å². The molecule has 0 aliphatic carbocycles. The number of carbonyl (C=O) groups excluding carboxylic acids is 1. The maximum atomic E-state index is 10.6. The zero-order valence-corrected chi connectivity index (χ0v) is 8.48. The molecular formula is C12H14O3. The highest BCUT2D eigenvalue weighted by atomic mass is 16.5. The average molecular weight is 206 g/mol. The van der Waals surface area contributed by atoms with E-state index in [1.165, 1.54) is 0 Å². The molecule has 0 spiro atoms. The molecule has 1 N–H and O–H groups in total. The van der Waals surface area contributed by atoms with Crippen LogP contribution < -0.4 is 0 Å². The number of aldehydes is 1. The van der Waals surface area contributed by atoms with Crippen molar-refractivity contribution in [2.45, 2.75) is 18.4 Å². The Morgan fingerprint density at radius 1 is 1.53 bits per heavy atom. The standard InChI is InChI=1S/C12H14O3/c13-8-11-3-1-2-10(6-11)7-12(14)4-5-15-9-12/h1-3,6,8,14H,4-5,7,9H2. The molecule has 80 valence electrons. The van der Waals surface area contributed by atoms with Crippen molar-refractivity contribution in [1.29, 1.82) is 0 Å². The maximum Gasteiger partial charge on any atom is 0.150 e. The summed E-state index contributed by atoms with van der Waals surface area (Å²) in [7, 11) is 0. The summed E-state index contributed by atoms with van der Waals surface area (Å²) in [6.07, 6.45) is 2.03. The largest absolute Gasteiger partial charge is 0.387 e. The molecule has 1 aliphatic rings. The predicted octanol–water partition coefficient (Wildman–Crippen LogP) is 1.19. The molecular weight excluding hydrogens is 192 g/mol. The summed E-state index contributed by atoms with van der Waals surface area (Å²) in [5.74, 6) is 0. The molecule has 1 saturated heterocycles. The van der Waals surface area contributed by atoms with Crippen LogP contribution in [-0.2, 0) is 11.2 Å². The number of aliphatic hydroxyl groups is 1. The van der Waals surface area contributed by atoms with E-state index in [0.29, 0.717) is 31.6 Å². The molecule has 1 aromatic carbocycles. The minimum atomic E-state index is -0.749. The SMILES string of the molecule is O=Cc1cccc(CC2(O)CCOC2)c1. The van der Waals surface area contributed by atoms with Crippen LogP contribution in [-0.4, -0.2) is 30.2 Å². The van der Waals surface area contributed by atoms with E-state index in [4.69, 9.17) is 4.74 Å². The van der Waals surface area contributed by atoms with Crippen LogP contribution in [0.1, 0.15) is 22.3 Å². The van der Waals surface area contributed by atoms with E-state index >= 15 is 0 Å². The summed E-state index contributed by atoms with van der Waals surface area (Å²) in [5, 5.41) is 10.1. The van der Waals surface area contributed by atoms with E-state index in [1.807, 2.05) is 18.2 Å². The molecule has 1 atom stereocenters. The van der Waals surface area contributed by atoms with Gasteiger partial charge in [0.1, 0.15) is 6.29 Å². The zero-order chi connectivity index (χ0) is 10.7. The van der Waals surface area contributed by atoms with E-state index in [0.717, 1.165) is 11.8 Å². The molecule has 0 amide bonds. The van der Waals surface area contributed by atoms with Crippen LogP contribution in [0.3, 0.4) is 0 Å². The van der Waals surface area contributed by atoms with Crippen molar-refractivity contribution in [3.8, 4) is 0 Å². The summed E-state index contributed by atoms with van der Waals surface area (Å²) in [5.41, 5.74) is 0.879. The Kier molecular flexibility index (Phi) is 2.84. The van der Waals surface area contributed by atoms with Crippen molar-refractivity contribution in [2.24, 2.45) is 0 Å². The van der Waals surface area contributed by atoms with E-state index in [-0.39, 0.29) is 0 Å². The van der Waals surface area contributed by atoms with Crippen LogP contribution in [0.5, 0.6) is 0 Å². The van der Waals surface area contributed by atoms with Crippen LogP contribution in [0.15, 0.2) is 24.3 Å². The Morgan fingerprint density at radius 3 is 3.07 bits per heavy atom. The minimum absolute atomic E-state index is 0.387. The van der Waals surface area contributed by atoms with Gasteiger partial charge in [-0.1, -0.05) is 18.2 Å². The van der Waals surface area contributed by atoms with Gasteiger partial charge in [0.15, 0.2) is 0 Å². The fraction of sp³-hybridized carbons (Fsp3) is 0.417. The van der Waals surface area contributed by atoms with Crippen molar-refractivity contribution in [2.75, 3.05) is 13.2 Å². The summed E-state index contributed by atoms with van der Waals surface area (Å²) in [6.45, 7) is 1.00. The molecule has 1 heterocycles. The molecule has 2 rings (SSSR count).